The second-order valence-electron chi connectivity index (χ2n) is 7.08. The fourth-order valence-electron chi connectivity index (χ4n) is 2.96. The van der Waals surface area contributed by atoms with Gasteiger partial charge in [-0.15, -0.1) is 0 Å². The fraction of sp³-hybridized carbons (Fsp3) is 0.115. The summed E-state index contributed by atoms with van der Waals surface area (Å²) in [6.45, 7) is 2.07. The summed E-state index contributed by atoms with van der Waals surface area (Å²) in [4.78, 5) is 25.0. The standard InChI is InChI=1S/C26H21Cl2N3O4/c1-2-34-21-10-8-20(9-11-21)30-26(33)18(15-29)13-17-14-19(27)7-12-24(17)35-16-25(32)31-23-6-4-3-5-22(23)28/h3-14H,2,16H2,1H3,(H,30,33)(H,31,32)/b18-13+. The van der Waals surface area contributed by atoms with Gasteiger partial charge in [-0.3, -0.25) is 9.59 Å². The lowest BCUT2D eigenvalue weighted by Gasteiger charge is -2.11. The molecule has 0 heterocycles. The SMILES string of the molecule is CCOc1ccc(NC(=O)/C(C#N)=C/c2cc(Cl)ccc2OCC(=O)Nc2ccccc2Cl)cc1. The first-order valence-corrected chi connectivity index (χ1v) is 11.3. The predicted octanol–water partition coefficient (Wildman–Crippen LogP) is 5.96. The van der Waals surface area contributed by atoms with Crippen LogP contribution in [0, 0.1) is 11.3 Å². The van der Waals surface area contributed by atoms with Crippen molar-refractivity contribution in [3.63, 3.8) is 0 Å². The monoisotopic (exact) mass is 509 g/mol. The zero-order valence-electron chi connectivity index (χ0n) is 18.7. The summed E-state index contributed by atoms with van der Waals surface area (Å²) in [5.74, 6) is -0.109. The highest BCUT2D eigenvalue weighted by molar-refractivity contribution is 6.33. The molecule has 3 aromatic rings. The topological polar surface area (TPSA) is 100 Å². The van der Waals surface area contributed by atoms with E-state index in [0.29, 0.717) is 39.3 Å². The summed E-state index contributed by atoms with van der Waals surface area (Å²) >= 11 is 12.2. The number of hydrogen-bond donors (Lipinski definition) is 2. The molecule has 0 bridgehead atoms. The summed E-state index contributed by atoms with van der Waals surface area (Å²) in [6.07, 6.45) is 1.34. The molecule has 0 radical (unpaired) electrons. The smallest absolute Gasteiger partial charge is 0.266 e. The largest absolute Gasteiger partial charge is 0.494 e. The number of nitrogens with zero attached hydrogens (tertiary/aromatic N) is 1. The summed E-state index contributed by atoms with van der Waals surface area (Å²) in [7, 11) is 0. The molecule has 0 aliphatic rings. The second kappa shape index (κ2) is 12.5. The van der Waals surface area contributed by atoms with Gasteiger partial charge in [0.2, 0.25) is 0 Å². The van der Waals surface area contributed by atoms with Gasteiger partial charge in [-0.05, 0) is 67.6 Å². The Morgan fingerprint density at radius 1 is 1.00 bits per heavy atom. The van der Waals surface area contributed by atoms with Crippen molar-refractivity contribution in [3.05, 3.63) is 87.9 Å². The molecule has 0 atom stereocenters. The number of nitriles is 1. The van der Waals surface area contributed by atoms with E-state index in [2.05, 4.69) is 10.6 Å². The highest BCUT2D eigenvalue weighted by atomic mass is 35.5. The van der Waals surface area contributed by atoms with Crippen molar-refractivity contribution in [1.29, 1.82) is 5.26 Å². The minimum Gasteiger partial charge on any atom is -0.494 e. The van der Waals surface area contributed by atoms with E-state index in [-0.39, 0.29) is 17.9 Å². The summed E-state index contributed by atoms with van der Waals surface area (Å²) < 4.78 is 11.0. The average molecular weight is 510 g/mol. The van der Waals surface area contributed by atoms with Crippen molar-refractivity contribution >= 4 is 52.5 Å². The molecule has 2 N–H and O–H groups in total. The van der Waals surface area contributed by atoms with Gasteiger partial charge in [0.1, 0.15) is 23.1 Å². The number of benzene rings is 3. The summed E-state index contributed by atoms with van der Waals surface area (Å²) in [6, 6.07) is 20.1. The Balaban J connectivity index is 1.72. The lowest BCUT2D eigenvalue weighted by atomic mass is 10.1. The van der Waals surface area contributed by atoms with E-state index in [0.717, 1.165) is 0 Å². The first-order chi connectivity index (χ1) is 16.9. The number of carbonyl (C=O) groups is 2. The molecule has 7 nitrogen and oxygen atoms in total. The molecule has 0 fully saturated rings. The number of amides is 2. The zero-order chi connectivity index (χ0) is 25.2. The molecule has 0 saturated carbocycles. The van der Waals surface area contributed by atoms with E-state index < -0.39 is 11.8 Å². The first kappa shape index (κ1) is 25.6. The molecule has 178 valence electrons. The molecular weight excluding hydrogens is 489 g/mol. The van der Waals surface area contributed by atoms with Crippen LogP contribution in [-0.4, -0.2) is 25.0 Å². The molecule has 0 unspecified atom stereocenters. The van der Waals surface area contributed by atoms with Crippen LogP contribution in [0.4, 0.5) is 11.4 Å². The molecular formula is C26H21Cl2N3O4. The maximum atomic E-state index is 12.7. The highest BCUT2D eigenvalue weighted by Gasteiger charge is 2.13. The van der Waals surface area contributed by atoms with E-state index in [1.807, 2.05) is 13.0 Å². The Morgan fingerprint density at radius 2 is 1.74 bits per heavy atom. The molecule has 35 heavy (non-hydrogen) atoms. The molecule has 0 spiro atoms. The highest BCUT2D eigenvalue weighted by Crippen LogP contribution is 2.26. The molecule has 3 aromatic carbocycles. The Morgan fingerprint density at radius 3 is 2.43 bits per heavy atom. The van der Waals surface area contributed by atoms with E-state index in [9.17, 15) is 14.9 Å². The zero-order valence-corrected chi connectivity index (χ0v) is 20.2. The number of nitrogens with one attached hydrogen (secondary N) is 2. The molecule has 0 aliphatic heterocycles. The van der Waals surface area contributed by atoms with E-state index in [4.69, 9.17) is 32.7 Å². The minimum atomic E-state index is -0.612. The minimum absolute atomic E-state index is 0.175. The molecule has 2 amide bonds. The Bertz CT molecular complexity index is 1280. The lowest BCUT2D eigenvalue weighted by molar-refractivity contribution is -0.118. The third-order valence-corrected chi connectivity index (χ3v) is 5.13. The van der Waals surface area contributed by atoms with Crippen LogP contribution in [0.3, 0.4) is 0 Å². The predicted molar refractivity (Wildman–Crippen MR) is 137 cm³/mol. The third-order valence-electron chi connectivity index (χ3n) is 4.57. The van der Waals surface area contributed by atoms with Gasteiger partial charge in [0.25, 0.3) is 11.8 Å². The number of anilines is 2. The summed E-state index contributed by atoms with van der Waals surface area (Å²) in [5, 5.41) is 15.7. The van der Waals surface area contributed by atoms with Gasteiger partial charge < -0.3 is 20.1 Å². The third kappa shape index (κ3) is 7.51. The van der Waals surface area contributed by atoms with Crippen LogP contribution in [0.5, 0.6) is 11.5 Å². The van der Waals surface area contributed by atoms with Crippen LogP contribution in [0.1, 0.15) is 12.5 Å². The van der Waals surface area contributed by atoms with Gasteiger partial charge in [-0.2, -0.15) is 5.26 Å². The quantitative estimate of drug-likeness (QED) is 0.274. The van der Waals surface area contributed by atoms with Crippen molar-refractivity contribution in [3.8, 4) is 17.6 Å². The van der Waals surface area contributed by atoms with Crippen molar-refractivity contribution in [2.45, 2.75) is 6.92 Å². The molecule has 9 heteroatoms. The number of ether oxygens (including phenoxy) is 2. The number of para-hydroxylation sites is 1. The normalized spacial score (nSPS) is 10.7. The Kier molecular flexibility index (Phi) is 9.13. The van der Waals surface area contributed by atoms with Gasteiger partial charge in [0.15, 0.2) is 6.61 Å². The number of hydrogen-bond acceptors (Lipinski definition) is 5. The van der Waals surface area contributed by atoms with Gasteiger partial charge in [-0.25, -0.2) is 0 Å². The average Bonchev–Trinajstić information content (AvgIpc) is 2.84. The second-order valence-corrected chi connectivity index (χ2v) is 7.92. The van der Waals surface area contributed by atoms with Gasteiger partial charge in [-0.1, -0.05) is 35.3 Å². The number of halogens is 2. The van der Waals surface area contributed by atoms with Gasteiger partial charge in [0, 0.05) is 16.3 Å². The van der Waals surface area contributed by atoms with Crippen LogP contribution in [-0.2, 0) is 9.59 Å². The van der Waals surface area contributed by atoms with Crippen molar-refractivity contribution < 1.29 is 19.1 Å². The summed E-state index contributed by atoms with van der Waals surface area (Å²) in [5.41, 5.74) is 1.14. The first-order valence-electron chi connectivity index (χ1n) is 10.5. The molecule has 0 saturated heterocycles. The fourth-order valence-corrected chi connectivity index (χ4v) is 3.32. The van der Waals surface area contributed by atoms with Crippen LogP contribution in [0.25, 0.3) is 6.08 Å². The number of rotatable bonds is 9. The van der Waals surface area contributed by atoms with Crippen molar-refractivity contribution in [2.24, 2.45) is 0 Å². The lowest BCUT2D eigenvalue weighted by Crippen LogP contribution is -2.20. The number of carbonyl (C=O) groups excluding carboxylic acids is 2. The van der Waals surface area contributed by atoms with Crippen molar-refractivity contribution in [2.75, 3.05) is 23.8 Å². The molecule has 3 rings (SSSR count). The van der Waals surface area contributed by atoms with E-state index in [1.54, 1.807) is 60.7 Å². The maximum absolute atomic E-state index is 12.7. The van der Waals surface area contributed by atoms with Crippen LogP contribution in [0.15, 0.2) is 72.3 Å². The molecule has 0 aromatic heterocycles. The maximum Gasteiger partial charge on any atom is 0.266 e. The van der Waals surface area contributed by atoms with Crippen LogP contribution in [0.2, 0.25) is 10.0 Å². The Labute approximate surface area is 212 Å². The Hall–Kier alpha value is -3.99. The van der Waals surface area contributed by atoms with E-state index >= 15 is 0 Å². The van der Waals surface area contributed by atoms with E-state index in [1.165, 1.54) is 12.1 Å². The van der Waals surface area contributed by atoms with Crippen LogP contribution < -0.4 is 20.1 Å². The van der Waals surface area contributed by atoms with Gasteiger partial charge >= 0.3 is 0 Å². The van der Waals surface area contributed by atoms with Gasteiger partial charge in [0.05, 0.1) is 17.3 Å². The van der Waals surface area contributed by atoms with Crippen LogP contribution >= 0.6 is 23.2 Å². The molecule has 0 aliphatic carbocycles. The van der Waals surface area contributed by atoms with Crippen molar-refractivity contribution in [1.82, 2.24) is 0 Å².